The number of fused-ring (bicyclic) bond motifs is 1. The molecule has 3 aromatic carbocycles. The van der Waals surface area contributed by atoms with Crippen molar-refractivity contribution >= 4 is 37.5 Å². The molecule has 184 valence electrons. The third-order valence-electron chi connectivity index (χ3n) is 6.11. The summed E-state index contributed by atoms with van der Waals surface area (Å²) in [6.07, 6.45) is 0. The molecule has 9 heteroatoms. The number of furan rings is 2. The second-order valence-corrected chi connectivity index (χ2v) is 10.2. The number of nitro benzene ring substituents is 1. The zero-order valence-electron chi connectivity index (χ0n) is 19.0. The fourth-order valence-corrected chi connectivity index (χ4v) is 4.87. The molecule has 0 saturated heterocycles. The Morgan fingerprint density at radius 1 is 0.703 bits per heavy atom. The third-order valence-corrected chi connectivity index (χ3v) is 7.17. The third kappa shape index (κ3) is 4.56. The lowest BCUT2D eigenvalue weighted by Gasteiger charge is -2.14. The topological polar surface area (TPSA) is 87.9 Å². The summed E-state index contributed by atoms with van der Waals surface area (Å²) in [7, 11) is 0. The Balaban J connectivity index is 1.50. The van der Waals surface area contributed by atoms with E-state index >= 15 is 0 Å². The fraction of sp³-hybridized carbons (Fsp3) is 0.0714. The molecule has 0 amide bonds. The van der Waals surface area contributed by atoms with Gasteiger partial charge in [0.15, 0.2) is 11.5 Å². The number of halogens is 2. The predicted molar refractivity (Wildman–Crippen MR) is 144 cm³/mol. The minimum Gasteiger partial charge on any atom is -0.460 e. The van der Waals surface area contributed by atoms with Crippen LogP contribution in [0.1, 0.15) is 23.0 Å². The van der Waals surface area contributed by atoms with Crippen molar-refractivity contribution in [2.24, 2.45) is 0 Å². The van der Waals surface area contributed by atoms with Crippen LogP contribution in [0.4, 0.5) is 5.69 Å². The van der Waals surface area contributed by atoms with Crippen molar-refractivity contribution in [3.8, 4) is 34.1 Å². The van der Waals surface area contributed by atoms with E-state index in [2.05, 4.69) is 31.9 Å². The van der Waals surface area contributed by atoms with Gasteiger partial charge in [-0.25, -0.2) is 0 Å². The van der Waals surface area contributed by atoms with Crippen LogP contribution in [0, 0.1) is 10.1 Å². The van der Waals surface area contributed by atoms with Gasteiger partial charge >= 0.3 is 0 Å². The summed E-state index contributed by atoms with van der Waals surface area (Å²) in [6.45, 7) is 0.00351. The molecular formula is C28H17Br2NO6. The van der Waals surface area contributed by atoms with Crippen molar-refractivity contribution in [2.75, 3.05) is 6.79 Å². The molecule has 3 heterocycles. The van der Waals surface area contributed by atoms with Crippen LogP contribution in [-0.4, -0.2) is 11.7 Å². The minimum absolute atomic E-state index is 0.00351. The molecule has 1 aliphatic rings. The van der Waals surface area contributed by atoms with Crippen LogP contribution in [0.15, 0.2) is 103 Å². The van der Waals surface area contributed by atoms with Gasteiger partial charge in [-0.3, -0.25) is 10.1 Å². The number of rotatable bonds is 6. The molecule has 0 atom stereocenters. The summed E-state index contributed by atoms with van der Waals surface area (Å²) in [5, 5.41) is 12.1. The zero-order chi connectivity index (χ0) is 25.5. The lowest BCUT2D eigenvalue weighted by Crippen LogP contribution is -2.05. The molecule has 5 aromatic rings. The highest BCUT2D eigenvalue weighted by Gasteiger charge is 2.34. The van der Waals surface area contributed by atoms with E-state index in [0.717, 1.165) is 20.1 Å². The highest BCUT2D eigenvalue weighted by atomic mass is 79.9. The lowest BCUT2D eigenvalue weighted by molar-refractivity contribution is -0.385. The van der Waals surface area contributed by atoms with Gasteiger partial charge in [-0.15, -0.1) is 0 Å². The van der Waals surface area contributed by atoms with Crippen LogP contribution in [-0.2, 0) is 0 Å². The molecule has 6 rings (SSSR count). The van der Waals surface area contributed by atoms with Crippen molar-refractivity contribution in [3.05, 3.63) is 121 Å². The minimum atomic E-state index is -0.705. The normalized spacial score (nSPS) is 12.3. The quantitative estimate of drug-likeness (QED) is 0.139. The standard InChI is InChI=1S/C28H17Br2NO6/c29-18-5-1-16(2-6-18)22-9-11-24(36-22)28(20-13-26-27(35-15-34-26)14-21(20)31(32)33)25-12-10-23(37-25)17-3-7-19(30)8-4-17/h1-14,28H,15H2. The van der Waals surface area contributed by atoms with Crippen molar-refractivity contribution in [3.63, 3.8) is 0 Å². The second kappa shape index (κ2) is 9.57. The van der Waals surface area contributed by atoms with Gasteiger partial charge in [-0.1, -0.05) is 56.1 Å². The molecule has 0 aliphatic carbocycles. The monoisotopic (exact) mass is 621 g/mol. The molecule has 2 aromatic heterocycles. The maximum Gasteiger partial charge on any atom is 0.277 e. The maximum atomic E-state index is 12.1. The van der Waals surface area contributed by atoms with Gasteiger partial charge in [0.2, 0.25) is 6.79 Å². The van der Waals surface area contributed by atoms with Crippen molar-refractivity contribution in [2.45, 2.75) is 5.92 Å². The van der Waals surface area contributed by atoms with Gasteiger partial charge in [0.05, 0.1) is 16.6 Å². The van der Waals surface area contributed by atoms with Crippen molar-refractivity contribution < 1.29 is 23.2 Å². The van der Waals surface area contributed by atoms with Gasteiger partial charge in [0.1, 0.15) is 29.0 Å². The summed E-state index contributed by atoms with van der Waals surface area (Å²) in [4.78, 5) is 11.7. The molecule has 0 fully saturated rings. The Kier molecular flexibility index (Phi) is 6.10. The Morgan fingerprint density at radius 2 is 1.19 bits per heavy atom. The van der Waals surface area contributed by atoms with Crippen LogP contribution >= 0.6 is 31.9 Å². The maximum absolute atomic E-state index is 12.1. The van der Waals surface area contributed by atoms with E-state index in [9.17, 15) is 10.1 Å². The first kappa shape index (κ1) is 23.6. The van der Waals surface area contributed by atoms with Gasteiger partial charge in [-0.05, 0) is 54.6 Å². The molecule has 0 N–H and O–H groups in total. The molecule has 37 heavy (non-hydrogen) atoms. The van der Waals surface area contributed by atoms with Gasteiger partial charge in [0.25, 0.3) is 5.69 Å². The van der Waals surface area contributed by atoms with Gasteiger partial charge in [0, 0.05) is 20.1 Å². The predicted octanol–water partition coefficient (Wildman–Crippen LogP) is 8.55. The number of hydrogen-bond acceptors (Lipinski definition) is 6. The summed E-state index contributed by atoms with van der Waals surface area (Å²) in [5.74, 6) is 2.33. The van der Waals surface area contributed by atoms with E-state index in [0.29, 0.717) is 40.1 Å². The zero-order valence-corrected chi connectivity index (χ0v) is 22.2. The number of ether oxygens (including phenoxy) is 2. The van der Waals surface area contributed by atoms with E-state index in [4.69, 9.17) is 18.3 Å². The Hall–Kier alpha value is -3.82. The van der Waals surface area contributed by atoms with Crippen molar-refractivity contribution in [1.82, 2.24) is 0 Å². The lowest BCUT2D eigenvalue weighted by atomic mass is 9.92. The molecule has 0 saturated carbocycles. The first-order valence-electron chi connectivity index (χ1n) is 11.3. The average Bonchev–Trinajstić information content (AvgIpc) is 3.66. The Labute approximate surface area is 228 Å². The number of nitro groups is 1. The molecular weight excluding hydrogens is 606 g/mol. The highest BCUT2D eigenvalue weighted by Crippen LogP contribution is 2.46. The number of hydrogen-bond donors (Lipinski definition) is 0. The van der Waals surface area contributed by atoms with Gasteiger partial charge in [-0.2, -0.15) is 0 Å². The smallest absolute Gasteiger partial charge is 0.277 e. The summed E-state index contributed by atoms with van der Waals surface area (Å²) in [6, 6.07) is 25.8. The highest BCUT2D eigenvalue weighted by molar-refractivity contribution is 9.10. The number of nitrogens with zero attached hydrogens (tertiary/aromatic N) is 1. The van der Waals surface area contributed by atoms with Crippen LogP contribution in [0.25, 0.3) is 22.6 Å². The molecule has 1 aliphatic heterocycles. The molecule has 0 unspecified atom stereocenters. The number of benzene rings is 3. The van der Waals surface area contributed by atoms with E-state index < -0.39 is 10.8 Å². The van der Waals surface area contributed by atoms with Crippen LogP contribution in [0.2, 0.25) is 0 Å². The molecule has 7 nitrogen and oxygen atoms in total. The molecule has 0 radical (unpaired) electrons. The van der Waals surface area contributed by atoms with E-state index in [-0.39, 0.29) is 12.5 Å². The largest absolute Gasteiger partial charge is 0.460 e. The molecule has 0 spiro atoms. The van der Waals surface area contributed by atoms with Gasteiger partial charge < -0.3 is 18.3 Å². The van der Waals surface area contributed by atoms with E-state index in [1.54, 1.807) is 6.07 Å². The average molecular weight is 623 g/mol. The van der Waals surface area contributed by atoms with Crippen molar-refractivity contribution in [1.29, 1.82) is 0 Å². The van der Waals surface area contributed by atoms with Crippen LogP contribution < -0.4 is 9.47 Å². The Morgan fingerprint density at radius 3 is 1.68 bits per heavy atom. The summed E-state index contributed by atoms with van der Waals surface area (Å²) < 4.78 is 25.4. The first-order chi connectivity index (χ1) is 18.0. The van der Waals surface area contributed by atoms with Crippen LogP contribution in [0.5, 0.6) is 11.5 Å². The van der Waals surface area contributed by atoms with E-state index in [1.807, 2.05) is 72.8 Å². The van der Waals surface area contributed by atoms with E-state index in [1.165, 1.54) is 6.07 Å². The van der Waals surface area contributed by atoms with Crippen LogP contribution in [0.3, 0.4) is 0 Å². The first-order valence-corrected chi connectivity index (χ1v) is 12.8. The molecule has 0 bridgehead atoms. The SMILES string of the molecule is O=[N+]([O-])c1cc2c(cc1C(c1ccc(-c3ccc(Br)cc3)o1)c1ccc(-c3ccc(Br)cc3)o1)OCO2. The fourth-order valence-electron chi connectivity index (χ4n) is 4.34. The summed E-state index contributed by atoms with van der Waals surface area (Å²) >= 11 is 6.89. The second-order valence-electron chi connectivity index (χ2n) is 8.37. The Bertz CT molecular complexity index is 1520. The summed E-state index contributed by atoms with van der Waals surface area (Å²) in [5.41, 5.74) is 2.02.